The zero-order chi connectivity index (χ0) is 29.5. The van der Waals surface area contributed by atoms with E-state index >= 15 is 0 Å². The van der Waals surface area contributed by atoms with Gasteiger partial charge in [-0.15, -0.1) is 0 Å². The Labute approximate surface area is 232 Å². The van der Waals surface area contributed by atoms with E-state index in [-0.39, 0.29) is 33.9 Å². The summed E-state index contributed by atoms with van der Waals surface area (Å²) in [4.78, 5) is 29.8. The molecule has 0 aliphatic carbocycles. The van der Waals surface area contributed by atoms with Crippen molar-refractivity contribution < 1.29 is 40.8 Å². The van der Waals surface area contributed by atoms with Crippen molar-refractivity contribution in [3.05, 3.63) is 87.4 Å². The van der Waals surface area contributed by atoms with Crippen molar-refractivity contribution >= 4 is 44.2 Å². The van der Waals surface area contributed by atoms with E-state index in [4.69, 9.17) is 4.84 Å². The third-order valence-electron chi connectivity index (χ3n) is 6.06. The van der Waals surface area contributed by atoms with Gasteiger partial charge in [0, 0.05) is 27.2 Å². The maximum absolute atomic E-state index is 14.5. The molecule has 0 saturated heterocycles. The number of alkyl halides is 6. The van der Waals surface area contributed by atoms with Gasteiger partial charge in [-0.05, 0) is 55.0 Å². The summed E-state index contributed by atoms with van der Waals surface area (Å²) >= 11 is 2.86. The van der Waals surface area contributed by atoms with E-state index in [1.54, 1.807) is 38.1 Å². The fourth-order valence-corrected chi connectivity index (χ4v) is 4.80. The first-order chi connectivity index (χ1) is 18.6. The van der Waals surface area contributed by atoms with Gasteiger partial charge in [-0.2, -0.15) is 26.3 Å². The Kier molecular flexibility index (Phi) is 7.92. The molecule has 0 fully saturated rings. The van der Waals surface area contributed by atoms with Crippen LogP contribution in [0.1, 0.15) is 40.9 Å². The van der Waals surface area contributed by atoms with E-state index in [0.29, 0.717) is 29.0 Å². The smallest absolute Gasteiger partial charge is 0.352 e. The topological polar surface area (TPSA) is 79.5 Å². The van der Waals surface area contributed by atoms with Crippen molar-refractivity contribution in [1.29, 1.82) is 0 Å². The number of benzene rings is 3. The number of nitrogens with one attached hydrogen (secondary N) is 3. The minimum Gasteiger partial charge on any atom is -0.352 e. The van der Waals surface area contributed by atoms with Crippen molar-refractivity contribution in [1.82, 2.24) is 16.1 Å². The minimum absolute atomic E-state index is 0.125. The van der Waals surface area contributed by atoms with Gasteiger partial charge in [-0.3, -0.25) is 19.9 Å². The highest BCUT2D eigenvalue weighted by Crippen LogP contribution is 2.49. The number of halogens is 7. The number of hydroxylamine groups is 1. The average Bonchev–Trinajstić information content (AvgIpc) is 3.32. The van der Waals surface area contributed by atoms with Crippen molar-refractivity contribution in [3.8, 4) is 0 Å². The molecule has 6 nitrogen and oxygen atoms in total. The van der Waals surface area contributed by atoms with Gasteiger partial charge < -0.3 is 10.6 Å². The Bertz CT molecular complexity index is 1500. The van der Waals surface area contributed by atoms with Crippen molar-refractivity contribution in [2.45, 2.75) is 37.8 Å². The molecule has 1 aliphatic heterocycles. The summed E-state index contributed by atoms with van der Waals surface area (Å²) in [5.41, 5.74) is -2.86. The number of carbonyl (C=O) groups excluding carboxylic acids is 2. The predicted octanol–water partition coefficient (Wildman–Crippen LogP) is 6.21. The van der Waals surface area contributed by atoms with Gasteiger partial charge in [0.2, 0.25) is 11.5 Å². The SMILES string of the molecule is CC(C)NC(=O)CNC(=O)c1ccc(C2=CC(c3cc(Br)cc(C(F)(F)F)c3)(C(F)(F)F)ON2)c2ccccc12. The lowest BCUT2D eigenvalue weighted by molar-refractivity contribution is -0.269. The molecule has 4 rings (SSSR count). The Balaban J connectivity index is 1.77. The highest BCUT2D eigenvalue weighted by molar-refractivity contribution is 9.10. The molecule has 1 atom stereocenters. The molecule has 1 aliphatic rings. The Morgan fingerprint density at radius 1 is 1.00 bits per heavy atom. The number of hydrogen-bond donors (Lipinski definition) is 3. The molecular formula is C27H22BrF6N3O3. The largest absolute Gasteiger partial charge is 0.428 e. The molecule has 0 radical (unpaired) electrons. The molecule has 212 valence electrons. The first-order valence-corrected chi connectivity index (χ1v) is 12.6. The van der Waals surface area contributed by atoms with Crippen molar-refractivity contribution in [2.24, 2.45) is 0 Å². The van der Waals surface area contributed by atoms with Gasteiger partial charge in [-0.1, -0.05) is 46.3 Å². The second kappa shape index (κ2) is 10.8. The van der Waals surface area contributed by atoms with Crippen LogP contribution in [0.5, 0.6) is 0 Å². The molecule has 0 saturated carbocycles. The third kappa shape index (κ3) is 5.80. The molecule has 40 heavy (non-hydrogen) atoms. The number of rotatable bonds is 6. The predicted molar refractivity (Wildman–Crippen MR) is 139 cm³/mol. The molecule has 0 bridgehead atoms. The maximum atomic E-state index is 14.5. The van der Waals surface area contributed by atoms with Crippen LogP contribution in [0.2, 0.25) is 0 Å². The van der Waals surface area contributed by atoms with E-state index in [1.165, 1.54) is 12.1 Å². The Morgan fingerprint density at radius 2 is 1.68 bits per heavy atom. The number of hydrogen-bond acceptors (Lipinski definition) is 4. The van der Waals surface area contributed by atoms with Crippen LogP contribution in [0.25, 0.3) is 16.5 Å². The van der Waals surface area contributed by atoms with E-state index in [1.807, 2.05) is 0 Å². The fraction of sp³-hybridized carbons (Fsp3) is 0.259. The zero-order valence-corrected chi connectivity index (χ0v) is 22.5. The Morgan fingerprint density at radius 3 is 2.30 bits per heavy atom. The van der Waals surface area contributed by atoms with Crippen LogP contribution in [0.4, 0.5) is 26.3 Å². The number of amides is 2. The summed E-state index contributed by atoms with van der Waals surface area (Å²) in [7, 11) is 0. The summed E-state index contributed by atoms with van der Waals surface area (Å²) in [6.45, 7) is 3.25. The van der Waals surface area contributed by atoms with Crippen LogP contribution < -0.4 is 16.1 Å². The van der Waals surface area contributed by atoms with Crippen LogP contribution in [0.3, 0.4) is 0 Å². The Hall–Kier alpha value is -3.58. The van der Waals surface area contributed by atoms with Crippen LogP contribution in [0.15, 0.2) is 65.1 Å². The van der Waals surface area contributed by atoms with E-state index in [2.05, 4.69) is 32.0 Å². The van der Waals surface area contributed by atoms with Crippen LogP contribution in [-0.2, 0) is 21.4 Å². The maximum Gasteiger partial charge on any atom is 0.428 e. The van der Waals surface area contributed by atoms with Crippen molar-refractivity contribution in [3.63, 3.8) is 0 Å². The van der Waals surface area contributed by atoms with Gasteiger partial charge in [-0.25, -0.2) is 0 Å². The summed E-state index contributed by atoms with van der Waals surface area (Å²) in [5, 5.41) is 5.89. The second-order valence-electron chi connectivity index (χ2n) is 9.33. The fourth-order valence-electron chi connectivity index (χ4n) is 4.30. The first kappa shape index (κ1) is 29.4. The van der Waals surface area contributed by atoms with Crippen LogP contribution >= 0.6 is 15.9 Å². The normalized spacial score (nSPS) is 17.5. The van der Waals surface area contributed by atoms with Gasteiger partial charge in [0.25, 0.3) is 5.91 Å². The van der Waals surface area contributed by atoms with Crippen LogP contribution in [0, 0.1) is 0 Å². The standard InChI is InChI=1S/C27H22BrF6N3O3/c1-14(2)36-23(38)13-35-24(39)21-8-7-20(18-5-3-4-6-19(18)21)22-12-25(40-37-22,27(32,33)34)15-9-16(26(29,30)31)11-17(28)10-15/h3-12,14,37H,13H2,1-2H3,(H,35,39)(H,36,38). The summed E-state index contributed by atoms with van der Waals surface area (Å²) in [5.74, 6) is -0.976. The van der Waals surface area contributed by atoms with Gasteiger partial charge in [0.15, 0.2) is 0 Å². The lowest BCUT2D eigenvalue weighted by Gasteiger charge is -2.29. The summed E-state index contributed by atoms with van der Waals surface area (Å²) < 4.78 is 83.4. The monoisotopic (exact) mass is 629 g/mol. The van der Waals surface area contributed by atoms with Crippen LogP contribution in [-0.4, -0.2) is 30.6 Å². The number of carbonyl (C=O) groups is 2. The van der Waals surface area contributed by atoms with Crippen molar-refractivity contribution in [2.75, 3.05) is 6.54 Å². The lowest BCUT2D eigenvalue weighted by atomic mass is 9.89. The molecule has 2 amide bonds. The number of fused-ring (bicyclic) bond motifs is 1. The van der Waals surface area contributed by atoms with Gasteiger partial charge >= 0.3 is 12.4 Å². The molecule has 0 spiro atoms. The minimum atomic E-state index is -5.16. The summed E-state index contributed by atoms with van der Waals surface area (Å²) in [6.07, 6.45) is -9.38. The van der Waals surface area contributed by atoms with Gasteiger partial charge in [0.1, 0.15) is 0 Å². The third-order valence-corrected chi connectivity index (χ3v) is 6.52. The molecule has 0 aromatic heterocycles. The molecular weight excluding hydrogens is 608 g/mol. The second-order valence-corrected chi connectivity index (χ2v) is 10.2. The molecule has 3 aromatic carbocycles. The molecule has 3 N–H and O–H groups in total. The lowest BCUT2D eigenvalue weighted by Crippen LogP contribution is -2.42. The van der Waals surface area contributed by atoms with E-state index < -0.39 is 40.9 Å². The zero-order valence-electron chi connectivity index (χ0n) is 20.9. The molecule has 13 heteroatoms. The van der Waals surface area contributed by atoms with Gasteiger partial charge in [0.05, 0.1) is 17.8 Å². The average molecular weight is 630 g/mol. The first-order valence-electron chi connectivity index (χ1n) is 11.8. The quantitative estimate of drug-likeness (QED) is 0.283. The highest BCUT2D eigenvalue weighted by Gasteiger charge is 2.60. The highest BCUT2D eigenvalue weighted by atomic mass is 79.9. The molecule has 3 aromatic rings. The molecule has 1 heterocycles. The molecule has 1 unspecified atom stereocenters. The van der Waals surface area contributed by atoms with E-state index in [9.17, 15) is 35.9 Å². The van der Waals surface area contributed by atoms with E-state index in [0.717, 1.165) is 6.07 Å². The summed E-state index contributed by atoms with van der Waals surface area (Å²) in [6, 6.07) is 11.0.